The Balaban J connectivity index is 2.25. The van der Waals surface area contributed by atoms with Gasteiger partial charge in [-0.15, -0.1) is 0 Å². The summed E-state index contributed by atoms with van der Waals surface area (Å²) < 4.78 is 5.39. The highest BCUT2D eigenvalue weighted by atomic mass is 32.2. The normalized spacial score (nSPS) is 10.5. The van der Waals surface area contributed by atoms with Gasteiger partial charge in [-0.3, -0.25) is 0 Å². The minimum Gasteiger partial charge on any atom is -0.476 e. The van der Waals surface area contributed by atoms with Crippen LogP contribution in [0.3, 0.4) is 0 Å². The lowest BCUT2D eigenvalue weighted by molar-refractivity contribution is 0.326. The van der Waals surface area contributed by atoms with E-state index >= 15 is 0 Å². The maximum Gasteiger partial charge on any atom is 0.238 e. The molecule has 0 aliphatic rings. The van der Waals surface area contributed by atoms with Crippen molar-refractivity contribution < 1.29 is 4.74 Å². The predicted octanol–water partition coefficient (Wildman–Crippen LogP) is 3.23. The van der Waals surface area contributed by atoms with Crippen LogP contribution in [-0.4, -0.2) is 16.6 Å². The number of rotatable bonds is 4. The van der Waals surface area contributed by atoms with Crippen LogP contribution in [0, 0.1) is 13.8 Å². The number of pyridine rings is 2. The number of hydrogen-bond acceptors (Lipinski definition) is 5. The molecule has 2 aromatic heterocycles. The fourth-order valence-electron chi connectivity index (χ4n) is 1.71. The Kier molecular flexibility index (Phi) is 4.27. The Morgan fingerprint density at radius 1 is 1.16 bits per heavy atom. The lowest BCUT2D eigenvalue weighted by Crippen LogP contribution is -2.00. The van der Waals surface area contributed by atoms with E-state index in [0.717, 1.165) is 15.7 Å². The Morgan fingerprint density at radius 2 is 1.95 bits per heavy atom. The number of hydrogen-bond donors (Lipinski definition) is 1. The number of aromatic nitrogens is 2. The Hall–Kier alpha value is -1.75. The van der Waals surface area contributed by atoms with E-state index in [-0.39, 0.29) is 0 Å². The molecule has 2 heterocycles. The van der Waals surface area contributed by atoms with Gasteiger partial charge in [-0.2, -0.15) is 0 Å². The second-order valence-corrected chi connectivity index (χ2v) is 5.24. The molecule has 0 radical (unpaired) electrons. The third kappa shape index (κ3) is 3.61. The van der Waals surface area contributed by atoms with Gasteiger partial charge in [0.15, 0.2) is 0 Å². The minimum absolute atomic E-state index is 0.483. The van der Waals surface area contributed by atoms with Crippen molar-refractivity contribution >= 4 is 17.4 Å². The van der Waals surface area contributed by atoms with Crippen LogP contribution < -0.4 is 10.5 Å². The molecule has 0 bridgehead atoms. The van der Waals surface area contributed by atoms with E-state index in [2.05, 4.69) is 16.9 Å². The van der Waals surface area contributed by atoms with Crippen LogP contribution in [0.5, 0.6) is 5.88 Å². The number of aryl methyl sites for hydroxylation is 2. The molecule has 0 aromatic carbocycles. The summed E-state index contributed by atoms with van der Waals surface area (Å²) in [5.74, 6) is 0.483. The monoisotopic (exact) mass is 275 g/mol. The van der Waals surface area contributed by atoms with Crippen LogP contribution >= 0.6 is 11.8 Å². The molecule has 2 aromatic rings. The van der Waals surface area contributed by atoms with Crippen molar-refractivity contribution in [2.24, 2.45) is 0 Å². The Labute approximate surface area is 117 Å². The smallest absolute Gasteiger partial charge is 0.238 e. The molecular weight excluding hydrogens is 258 g/mol. The molecule has 0 amide bonds. The van der Waals surface area contributed by atoms with Gasteiger partial charge in [0, 0.05) is 5.69 Å². The summed E-state index contributed by atoms with van der Waals surface area (Å²) >= 11 is 1.51. The van der Waals surface area contributed by atoms with Gasteiger partial charge in [0.05, 0.1) is 12.3 Å². The molecule has 0 fully saturated rings. The van der Waals surface area contributed by atoms with E-state index in [9.17, 15) is 0 Å². The van der Waals surface area contributed by atoms with Gasteiger partial charge in [-0.1, -0.05) is 0 Å². The van der Waals surface area contributed by atoms with E-state index in [1.165, 1.54) is 17.3 Å². The van der Waals surface area contributed by atoms with Crippen molar-refractivity contribution in [1.82, 2.24) is 9.97 Å². The van der Waals surface area contributed by atoms with Gasteiger partial charge >= 0.3 is 0 Å². The van der Waals surface area contributed by atoms with Crippen molar-refractivity contribution in [2.45, 2.75) is 30.8 Å². The van der Waals surface area contributed by atoms with Crippen molar-refractivity contribution in [3.05, 3.63) is 35.5 Å². The summed E-state index contributed by atoms with van der Waals surface area (Å²) in [4.78, 5) is 8.87. The molecule has 100 valence electrons. The number of anilines is 1. The summed E-state index contributed by atoms with van der Waals surface area (Å²) in [5.41, 5.74) is 8.55. The molecule has 2 rings (SSSR count). The highest BCUT2D eigenvalue weighted by molar-refractivity contribution is 7.99. The highest BCUT2D eigenvalue weighted by Gasteiger charge is 2.07. The molecule has 5 heteroatoms. The standard InChI is InChI=1S/C14H17N3OS/c1-4-18-14-11(15)5-6-12(17-14)19-13-8-9(2)7-10(3)16-13/h5-8H,4,15H2,1-3H3. The number of nitrogen functional groups attached to an aromatic ring is 1. The second kappa shape index (κ2) is 5.93. The van der Waals surface area contributed by atoms with E-state index in [4.69, 9.17) is 10.5 Å². The molecule has 19 heavy (non-hydrogen) atoms. The average molecular weight is 275 g/mol. The third-order valence-electron chi connectivity index (χ3n) is 2.43. The van der Waals surface area contributed by atoms with Gasteiger partial charge in [-0.25, -0.2) is 9.97 Å². The molecule has 0 saturated heterocycles. The van der Waals surface area contributed by atoms with Gasteiger partial charge in [0.25, 0.3) is 0 Å². The van der Waals surface area contributed by atoms with Gasteiger partial charge in [0.1, 0.15) is 10.1 Å². The zero-order valence-corrected chi connectivity index (χ0v) is 12.1. The third-order valence-corrected chi connectivity index (χ3v) is 3.28. The first-order valence-corrected chi connectivity index (χ1v) is 6.92. The minimum atomic E-state index is 0.483. The van der Waals surface area contributed by atoms with E-state index in [1.807, 2.05) is 38.1 Å². The number of ether oxygens (including phenoxy) is 1. The van der Waals surface area contributed by atoms with Crippen LogP contribution in [0.2, 0.25) is 0 Å². The molecule has 2 N–H and O–H groups in total. The van der Waals surface area contributed by atoms with Crippen molar-refractivity contribution in [3.8, 4) is 5.88 Å². The molecule has 0 aliphatic carbocycles. The SMILES string of the molecule is CCOc1nc(Sc2cc(C)cc(C)n2)ccc1N. The van der Waals surface area contributed by atoms with Crippen LogP contribution in [0.4, 0.5) is 5.69 Å². The highest BCUT2D eigenvalue weighted by Crippen LogP contribution is 2.29. The van der Waals surface area contributed by atoms with Crippen molar-refractivity contribution in [2.75, 3.05) is 12.3 Å². The number of nitrogens with zero attached hydrogens (tertiary/aromatic N) is 2. The van der Waals surface area contributed by atoms with Gasteiger partial charge in [0.2, 0.25) is 5.88 Å². The average Bonchev–Trinajstić information content (AvgIpc) is 2.32. The van der Waals surface area contributed by atoms with Crippen LogP contribution in [0.15, 0.2) is 34.3 Å². The lowest BCUT2D eigenvalue weighted by Gasteiger charge is -2.08. The van der Waals surface area contributed by atoms with Crippen LogP contribution in [-0.2, 0) is 0 Å². The molecule has 0 spiro atoms. The summed E-state index contributed by atoms with van der Waals surface area (Å²) in [6, 6.07) is 7.77. The van der Waals surface area contributed by atoms with Gasteiger partial charge in [-0.05, 0) is 62.4 Å². The van der Waals surface area contributed by atoms with E-state index in [0.29, 0.717) is 18.2 Å². The van der Waals surface area contributed by atoms with Gasteiger partial charge < -0.3 is 10.5 Å². The van der Waals surface area contributed by atoms with E-state index < -0.39 is 0 Å². The first kappa shape index (κ1) is 13.7. The van der Waals surface area contributed by atoms with Crippen molar-refractivity contribution in [3.63, 3.8) is 0 Å². The largest absolute Gasteiger partial charge is 0.476 e. The fourth-order valence-corrected chi connectivity index (χ4v) is 2.62. The molecule has 0 atom stereocenters. The summed E-state index contributed by atoms with van der Waals surface area (Å²) in [6.07, 6.45) is 0. The zero-order chi connectivity index (χ0) is 13.8. The number of nitrogens with two attached hydrogens (primary N) is 1. The predicted molar refractivity (Wildman–Crippen MR) is 77.7 cm³/mol. The maximum atomic E-state index is 5.80. The summed E-state index contributed by atoms with van der Waals surface area (Å²) in [6.45, 7) is 6.50. The first-order valence-electron chi connectivity index (χ1n) is 6.11. The lowest BCUT2D eigenvalue weighted by atomic mass is 10.3. The quantitative estimate of drug-likeness (QED) is 0.928. The molecular formula is C14H17N3OS. The first-order chi connectivity index (χ1) is 9.08. The second-order valence-electron chi connectivity index (χ2n) is 4.20. The summed E-state index contributed by atoms with van der Waals surface area (Å²) in [5, 5.41) is 1.76. The molecule has 0 aliphatic heterocycles. The topological polar surface area (TPSA) is 61.0 Å². The van der Waals surface area contributed by atoms with Crippen LogP contribution in [0.1, 0.15) is 18.2 Å². The summed E-state index contributed by atoms with van der Waals surface area (Å²) in [7, 11) is 0. The van der Waals surface area contributed by atoms with E-state index in [1.54, 1.807) is 0 Å². The Bertz CT molecular complexity index is 567. The molecule has 0 unspecified atom stereocenters. The molecule has 0 saturated carbocycles. The van der Waals surface area contributed by atoms with Crippen LogP contribution in [0.25, 0.3) is 0 Å². The molecule has 4 nitrogen and oxygen atoms in total. The van der Waals surface area contributed by atoms with Crippen molar-refractivity contribution in [1.29, 1.82) is 0 Å². The fraction of sp³-hybridized carbons (Fsp3) is 0.286. The Morgan fingerprint density at radius 3 is 2.63 bits per heavy atom. The zero-order valence-electron chi connectivity index (χ0n) is 11.3. The maximum absolute atomic E-state index is 5.80.